The van der Waals surface area contributed by atoms with E-state index in [1.807, 2.05) is 6.92 Å². The van der Waals surface area contributed by atoms with Crippen molar-refractivity contribution in [2.45, 2.75) is 13.3 Å². The molecule has 0 spiro atoms. The predicted octanol–water partition coefficient (Wildman–Crippen LogP) is 2.79. The molecule has 0 fully saturated rings. The summed E-state index contributed by atoms with van der Waals surface area (Å²) in [6.07, 6.45) is 2.24. The number of hydrogen-bond acceptors (Lipinski definition) is 4. The fourth-order valence-corrected chi connectivity index (χ4v) is 2.01. The Hall–Kier alpha value is -2.41. The van der Waals surface area contributed by atoms with Crippen LogP contribution in [0.5, 0.6) is 0 Å². The summed E-state index contributed by atoms with van der Waals surface area (Å²) in [5, 5.41) is 20.0. The van der Waals surface area contributed by atoms with E-state index in [9.17, 15) is 14.9 Å². The number of nitrogens with zero attached hydrogens (tertiary/aromatic N) is 2. The van der Waals surface area contributed by atoms with Gasteiger partial charge in [0.2, 0.25) is 0 Å². The Morgan fingerprint density at radius 2 is 2.30 bits per heavy atom. The molecule has 0 radical (unpaired) electrons. The summed E-state index contributed by atoms with van der Waals surface area (Å²) < 4.78 is 0. The second-order valence-corrected chi connectivity index (χ2v) is 4.38. The van der Waals surface area contributed by atoms with E-state index in [2.05, 4.69) is 15.5 Å². The fourth-order valence-electron chi connectivity index (χ4n) is 1.75. The van der Waals surface area contributed by atoms with Crippen molar-refractivity contribution in [2.24, 2.45) is 0 Å². The molecule has 1 heterocycles. The Morgan fingerprint density at radius 3 is 2.95 bits per heavy atom. The zero-order valence-corrected chi connectivity index (χ0v) is 11.3. The van der Waals surface area contributed by atoms with Gasteiger partial charge in [-0.05, 0) is 12.5 Å². The van der Waals surface area contributed by atoms with Crippen molar-refractivity contribution >= 4 is 29.0 Å². The Balaban J connectivity index is 2.37. The van der Waals surface area contributed by atoms with E-state index in [-0.39, 0.29) is 16.3 Å². The quantitative estimate of drug-likeness (QED) is 0.668. The van der Waals surface area contributed by atoms with Crippen molar-refractivity contribution in [3.05, 3.63) is 50.7 Å². The molecule has 0 bridgehead atoms. The number of aromatic amines is 1. The first kappa shape index (κ1) is 14.0. The zero-order valence-electron chi connectivity index (χ0n) is 10.5. The van der Waals surface area contributed by atoms with Gasteiger partial charge in [0.15, 0.2) is 0 Å². The third kappa shape index (κ3) is 2.62. The number of halogens is 1. The normalized spacial score (nSPS) is 10.3. The van der Waals surface area contributed by atoms with E-state index in [0.717, 1.165) is 5.56 Å². The van der Waals surface area contributed by atoms with Gasteiger partial charge in [-0.15, -0.1) is 0 Å². The van der Waals surface area contributed by atoms with Gasteiger partial charge < -0.3 is 5.32 Å². The highest BCUT2D eigenvalue weighted by Crippen LogP contribution is 2.27. The molecule has 1 aromatic heterocycles. The van der Waals surface area contributed by atoms with Gasteiger partial charge in [0.25, 0.3) is 11.6 Å². The largest absolute Gasteiger partial charge is 0.306 e. The molecular weight excluding hydrogens is 284 g/mol. The molecule has 7 nitrogen and oxygen atoms in total. The first-order chi connectivity index (χ1) is 9.54. The lowest BCUT2D eigenvalue weighted by atomic mass is 10.1. The predicted molar refractivity (Wildman–Crippen MR) is 74.0 cm³/mol. The van der Waals surface area contributed by atoms with Gasteiger partial charge in [0.05, 0.1) is 16.1 Å². The molecular formula is C12H11ClN4O3. The first-order valence-corrected chi connectivity index (χ1v) is 6.18. The average Bonchev–Trinajstić information content (AvgIpc) is 2.85. The highest BCUT2D eigenvalue weighted by Gasteiger charge is 2.24. The average molecular weight is 295 g/mol. The van der Waals surface area contributed by atoms with Crippen molar-refractivity contribution in [1.29, 1.82) is 0 Å². The molecule has 0 saturated heterocycles. The van der Waals surface area contributed by atoms with Crippen molar-refractivity contribution in [1.82, 2.24) is 10.2 Å². The van der Waals surface area contributed by atoms with Gasteiger partial charge in [-0.25, -0.2) is 0 Å². The zero-order chi connectivity index (χ0) is 14.7. The molecule has 2 N–H and O–H groups in total. The summed E-state index contributed by atoms with van der Waals surface area (Å²) >= 11 is 5.89. The second kappa shape index (κ2) is 5.70. The molecule has 8 heteroatoms. The van der Waals surface area contributed by atoms with Gasteiger partial charge in [0.1, 0.15) is 11.4 Å². The number of carbonyl (C=O) groups is 1. The smallest absolute Gasteiger partial charge is 0.283 e. The van der Waals surface area contributed by atoms with Crippen molar-refractivity contribution in [3.63, 3.8) is 0 Å². The Morgan fingerprint density at radius 1 is 1.55 bits per heavy atom. The number of anilines is 1. The van der Waals surface area contributed by atoms with Gasteiger partial charge in [-0.3, -0.25) is 20.0 Å². The van der Waals surface area contributed by atoms with Crippen LogP contribution in [-0.4, -0.2) is 21.0 Å². The number of H-pyrrole nitrogens is 1. The maximum atomic E-state index is 12.2. The van der Waals surface area contributed by atoms with E-state index in [0.29, 0.717) is 12.2 Å². The van der Waals surface area contributed by atoms with Gasteiger partial charge in [0, 0.05) is 11.6 Å². The van der Waals surface area contributed by atoms with Gasteiger partial charge >= 0.3 is 0 Å². The van der Waals surface area contributed by atoms with Gasteiger partial charge in [-0.2, -0.15) is 5.10 Å². The summed E-state index contributed by atoms with van der Waals surface area (Å²) in [6, 6.07) is 4.08. The summed E-state index contributed by atoms with van der Waals surface area (Å²) in [7, 11) is 0. The number of carbonyl (C=O) groups excluding carboxylic acids is 1. The number of nitrogens with one attached hydrogen (secondary N) is 2. The van der Waals surface area contributed by atoms with E-state index in [1.165, 1.54) is 18.2 Å². The molecule has 0 saturated carbocycles. The maximum absolute atomic E-state index is 12.2. The molecule has 2 rings (SSSR count). The van der Waals surface area contributed by atoms with E-state index < -0.39 is 10.8 Å². The number of benzene rings is 1. The molecule has 0 atom stereocenters. The lowest BCUT2D eigenvalue weighted by molar-refractivity contribution is -0.385. The third-order valence-electron chi connectivity index (χ3n) is 2.75. The minimum Gasteiger partial charge on any atom is -0.306 e. The van der Waals surface area contributed by atoms with Crippen LogP contribution >= 0.6 is 11.6 Å². The summed E-state index contributed by atoms with van der Waals surface area (Å²) in [4.78, 5) is 22.5. The molecule has 0 aliphatic rings. The van der Waals surface area contributed by atoms with Crippen LogP contribution in [0.25, 0.3) is 0 Å². The molecule has 20 heavy (non-hydrogen) atoms. The van der Waals surface area contributed by atoms with Crippen LogP contribution in [-0.2, 0) is 6.42 Å². The number of amides is 1. The minimum atomic E-state index is -0.652. The van der Waals surface area contributed by atoms with Crippen molar-refractivity contribution in [2.75, 3.05) is 5.32 Å². The fraction of sp³-hybridized carbons (Fsp3) is 0.167. The Kier molecular flexibility index (Phi) is 3.99. The molecule has 1 aromatic carbocycles. The number of nitro benzene ring substituents is 1. The first-order valence-electron chi connectivity index (χ1n) is 5.81. The molecule has 1 amide bonds. The molecule has 104 valence electrons. The number of aromatic nitrogens is 2. The standard InChI is InChI=1S/C12H11ClN4O3/c1-2-7-6-14-16-11(7)15-12(18)10-8(13)4-3-5-9(10)17(19)20/h3-6H,2H2,1H3,(H2,14,15,16,18). The number of nitro groups is 1. The highest BCUT2D eigenvalue weighted by molar-refractivity contribution is 6.35. The summed E-state index contributed by atoms with van der Waals surface area (Å²) in [5.41, 5.74) is 0.288. The second-order valence-electron chi connectivity index (χ2n) is 3.97. The van der Waals surface area contributed by atoms with Crippen LogP contribution in [0.1, 0.15) is 22.8 Å². The monoisotopic (exact) mass is 294 g/mol. The maximum Gasteiger partial charge on any atom is 0.283 e. The third-order valence-corrected chi connectivity index (χ3v) is 3.07. The Labute approximate surface area is 119 Å². The topological polar surface area (TPSA) is 101 Å². The van der Waals surface area contributed by atoms with Crippen LogP contribution in [0.4, 0.5) is 11.5 Å². The molecule has 0 aliphatic carbocycles. The minimum absolute atomic E-state index is 0.0225. The molecule has 0 aliphatic heterocycles. The molecule has 0 unspecified atom stereocenters. The number of rotatable bonds is 4. The van der Waals surface area contributed by atoms with E-state index in [1.54, 1.807) is 6.20 Å². The molecule has 2 aromatic rings. The number of hydrogen-bond donors (Lipinski definition) is 2. The van der Waals surface area contributed by atoms with Crippen LogP contribution in [0.2, 0.25) is 5.02 Å². The van der Waals surface area contributed by atoms with Crippen LogP contribution in [0, 0.1) is 10.1 Å². The van der Waals surface area contributed by atoms with E-state index >= 15 is 0 Å². The van der Waals surface area contributed by atoms with Crippen LogP contribution in [0.15, 0.2) is 24.4 Å². The highest BCUT2D eigenvalue weighted by atomic mass is 35.5. The van der Waals surface area contributed by atoms with Crippen LogP contribution in [0.3, 0.4) is 0 Å². The SMILES string of the molecule is CCc1cn[nH]c1NC(=O)c1c(Cl)cccc1[N+](=O)[O-]. The summed E-state index contributed by atoms with van der Waals surface area (Å²) in [5.74, 6) is -0.243. The van der Waals surface area contributed by atoms with Crippen molar-refractivity contribution < 1.29 is 9.72 Å². The van der Waals surface area contributed by atoms with Gasteiger partial charge in [-0.1, -0.05) is 24.6 Å². The van der Waals surface area contributed by atoms with E-state index in [4.69, 9.17) is 11.6 Å². The number of aryl methyl sites for hydroxylation is 1. The van der Waals surface area contributed by atoms with Crippen LogP contribution < -0.4 is 5.32 Å². The lowest BCUT2D eigenvalue weighted by Crippen LogP contribution is -2.15. The van der Waals surface area contributed by atoms with Crippen molar-refractivity contribution in [3.8, 4) is 0 Å². The summed E-state index contributed by atoms with van der Waals surface area (Å²) in [6.45, 7) is 1.90. The lowest BCUT2D eigenvalue weighted by Gasteiger charge is -2.07. The Bertz CT molecular complexity index is 668.